The fraction of sp³-hybridized carbons (Fsp3) is 0.333. The number of amides is 1. The monoisotopic (exact) mass is 290 g/mol. The summed E-state index contributed by atoms with van der Waals surface area (Å²) in [5.74, 6) is 1.15. The number of nitrogens with zero attached hydrogens (tertiary/aromatic N) is 1. The molecule has 6 heteroatoms. The number of aryl methyl sites for hydroxylation is 1. The van der Waals surface area contributed by atoms with Gasteiger partial charge in [0.2, 0.25) is 5.76 Å². The van der Waals surface area contributed by atoms with E-state index in [1.807, 2.05) is 19.1 Å². The van der Waals surface area contributed by atoms with E-state index >= 15 is 0 Å². The number of hydrogen-bond donors (Lipinski definition) is 1. The first-order chi connectivity index (χ1) is 10.0. The molecular formula is C15H18N2O4. The number of rotatable bonds is 5. The minimum atomic E-state index is -0.308. The molecule has 1 amide bonds. The lowest BCUT2D eigenvalue weighted by Crippen LogP contribution is -2.26. The van der Waals surface area contributed by atoms with Gasteiger partial charge in [-0.15, -0.1) is 0 Å². The number of methoxy groups -OCH3 is 2. The van der Waals surface area contributed by atoms with Gasteiger partial charge in [-0.3, -0.25) is 4.79 Å². The number of aromatic nitrogens is 1. The van der Waals surface area contributed by atoms with Crippen LogP contribution >= 0.6 is 0 Å². The van der Waals surface area contributed by atoms with Crippen LogP contribution < -0.4 is 14.8 Å². The summed E-state index contributed by atoms with van der Waals surface area (Å²) in [5.41, 5.74) is 1.57. The minimum Gasteiger partial charge on any atom is -0.493 e. The molecule has 0 radical (unpaired) electrons. The molecule has 112 valence electrons. The van der Waals surface area contributed by atoms with Gasteiger partial charge in [-0.2, -0.15) is 0 Å². The molecule has 1 atom stereocenters. The number of nitrogens with one attached hydrogen (secondary N) is 1. The summed E-state index contributed by atoms with van der Waals surface area (Å²) in [6.07, 6.45) is 0. The summed E-state index contributed by atoms with van der Waals surface area (Å²) in [6, 6.07) is 6.89. The summed E-state index contributed by atoms with van der Waals surface area (Å²) in [4.78, 5) is 12.0. The maximum Gasteiger partial charge on any atom is 0.290 e. The van der Waals surface area contributed by atoms with Gasteiger partial charge in [0.05, 0.1) is 26.0 Å². The maximum atomic E-state index is 12.0. The van der Waals surface area contributed by atoms with Crippen LogP contribution in [0.5, 0.6) is 11.5 Å². The number of ether oxygens (including phenoxy) is 2. The Morgan fingerprint density at radius 2 is 1.95 bits per heavy atom. The molecule has 6 nitrogen and oxygen atoms in total. The van der Waals surface area contributed by atoms with E-state index in [0.29, 0.717) is 17.2 Å². The third kappa shape index (κ3) is 3.34. The zero-order valence-electron chi connectivity index (χ0n) is 12.5. The molecule has 0 saturated heterocycles. The van der Waals surface area contributed by atoms with E-state index in [0.717, 1.165) is 5.56 Å². The highest BCUT2D eigenvalue weighted by Crippen LogP contribution is 2.29. The largest absolute Gasteiger partial charge is 0.493 e. The van der Waals surface area contributed by atoms with Crippen molar-refractivity contribution in [2.45, 2.75) is 19.9 Å². The van der Waals surface area contributed by atoms with Gasteiger partial charge in [0.25, 0.3) is 5.91 Å². The molecule has 0 bridgehead atoms. The second-order valence-corrected chi connectivity index (χ2v) is 4.64. The summed E-state index contributed by atoms with van der Waals surface area (Å²) < 4.78 is 15.4. The van der Waals surface area contributed by atoms with Crippen molar-refractivity contribution in [3.05, 3.63) is 41.3 Å². The summed E-state index contributed by atoms with van der Waals surface area (Å²) >= 11 is 0. The van der Waals surface area contributed by atoms with Gasteiger partial charge in [-0.1, -0.05) is 11.2 Å². The number of carbonyl (C=O) groups excluding carboxylic acids is 1. The second-order valence-electron chi connectivity index (χ2n) is 4.64. The SMILES string of the molecule is COc1ccc(C(C)NC(=O)c2cc(C)no2)cc1OC. The normalized spacial score (nSPS) is 11.8. The van der Waals surface area contributed by atoms with E-state index in [9.17, 15) is 4.79 Å². The molecule has 0 aliphatic heterocycles. The molecule has 1 heterocycles. The first-order valence-electron chi connectivity index (χ1n) is 6.51. The van der Waals surface area contributed by atoms with Crippen molar-refractivity contribution in [1.29, 1.82) is 0 Å². The van der Waals surface area contributed by atoms with Crippen LogP contribution in [-0.4, -0.2) is 25.3 Å². The third-order valence-electron chi connectivity index (χ3n) is 3.11. The number of carbonyl (C=O) groups is 1. The molecule has 1 N–H and O–H groups in total. The Kier molecular flexibility index (Phi) is 4.47. The molecule has 21 heavy (non-hydrogen) atoms. The van der Waals surface area contributed by atoms with Crippen molar-refractivity contribution in [3.63, 3.8) is 0 Å². The molecule has 0 aliphatic carbocycles. The molecule has 0 spiro atoms. The molecule has 0 fully saturated rings. The quantitative estimate of drug-likeness (QED) is 0.915. The lowest BCUT2D eigenvalue weighted by atomic mass is 10.1. The Balaban J connectivity index is 2.13. The summed E-state index contributed by atoms with van der Waals surface area (Å²) in [6.45, 7) is 3.64. The van der Waals surface area contributed by atoms with Gasteiger partial charge in [-0.05, 0) is 31.5 Å². The Bertz CT molecular complexity index is 636. The zero-order valence-corrected chi connectivity index (χ0v) is 12.5. The maximum absolute atomic E-state index is 12.0. The highest BCUT2D eigenvalue weighted by Gasteiger charge is 2.16. The van der Waals surface area contributed by atoms with Crippen molar-refractivity contribution < 1.29 is 18.8 Å². The van der Waals surface area contributed by atoms with Crippen LogP contribution in [0.1, 0.15) is 34.8 Å². The van der Waals surface area contributed by atoms with Crippen molar-refractivity contribution in [2.75, 3.05) is 14.2 Å². The second kappa shape index (κ2) is 6.30. The predicted octanol–water partition coefficient (Wildman–Crippen LogP) is 2.49. The van der Waals surface area contributed by atoms with Gasteiger partial charge in [-0.25, -0.2) is 0 Å². The lowest BCUT2D eigenvalue weighted by molar-refractivity contribution is 0.0902. The van der Waals surface area contributed by atoms with E-state index < -0.39 is 0 Å². The van der Waals surface area contributed by atoms with Crippen molar-refractivity contribution in [3.8, 4) is 11.5 Å². The Morgan fingerprint density at radius 1 is 1.24 bits per heavy atom. The highest BCUT2D eigenvalue weighted by atomic mass is 16.5. The van der Waals surface area contributed by atoms with Crippen LogP contribution in [0, 0.1) is 6.92 Å². The average molecular weight is 290 g/mol. The van der Waals surface area contributed by atoms with E-state index in [4.69, 9.17) is 14.0 Å². The van der Waals surface area contributed by atoms with Crippen molar-refractivity contribution >= 4 is 5.91 Å². The molecule has 1 unspecified atom stereocenters. The Hall–Kier alpha value is -2.50. The van der Waals surface area contributed by atoms with Crippen LogP contribution in [0.2, 0.25) is 0 Å². The Labute approximate surface area is 123 Å². The van der Waals surface area contributed by atoms with Gasteiger partial charge < -0.3 is 19.3 Å². The van der Waals surface area contributed by atoms with Crippen molar-refractivity contribution in [2.24, 2.45) is 0 Å². The zero-order chi connectivity index (χ0) is 15.4. The molecule has 1 aromatic carbocycles. The third-order valence-corrected chi connectivity index (χ3v) is 3.11. The minimum absolute atomic E-state index is 0.194. The first-order valence-corrected chi connectivity index (χ1v) is 6.51. The van der Waals surface area contributed by atoms with Gasteiger partial charge in [0, 0.05) is 6.07 Å². The average Bonchev–Trinajstić information content (AvgIpc) is 2.93. The first kappa shape index (κ1) is 14.9. The summed E-state index contributed by atoms with van der Waals surface area (Å²) in [5, 5.41) is 6.54. The molecule has 0 aliphatic rings. The van der Waals surface area contributed by atoms with Gasteiger partial charge in [0.15, 0.2) is 11.5 Å². The van der Waals surface area contributed by atoms with E-state index in [1.165, 1.54) is 0 Å². The van der Waals surface area contributed by atoms with Crippen LogP contribution in [0.4, 0.5) is 0 Å². The van der Waals surface area contributed by atoms with Crippen LogP contribution in [-0.2, 0) is 0 Å². The topological polar surface area (TPSA) is 73.6 Å². The van der Waals surface area contributed by atoms with E-state index in [2.05, 4.69) is 10.5 Å². The number of hydrogen-bond acceptors (Lipinski definition) is 5. The fourth-order valence-corrected chi connectivity index (χ4v) is 1.94. The van der Waals surface area contributed by atoms with Crippen LogP contribution in [0.15, 0.2) is 28.8 Å². The summed E-state index contributed by atoms with van der Waals surface area (Å²) in [7, 11) is 3.15. The number of benzene rings is 1. The van der Waals surface area contributed by atoms with E-state index in [1.54, 1.807) is 33.3 Å². The molecule has 2 aromatic rings. The van der Waals surface area contributed by atoms with Gasteiger partial charge >= 0.3 is 0 Å². The van der Waals surface area contributed by atoms with Gasteiger partial charge in [0.1, 0.15) is 0 Å². The smallest absolute Gasteiger partial charge is 0.290 e. The Morgan fingerprint density at radius 3 is 2.52 bits per heavy atom. The molecule has 1 aromatic heterocycles. The highest BCUT2D eigenvalue weighted by molar-refractivity contribution is 5.91. The predicted molar refractivity (Wildman–Crippen MR) is 76.7 cm³/mol. The van der Waals surface area contributed by atoms with Crippen LogP contribution in [0.3, 0.4) is 0 Å². The van der Waals surface area contributed by atoms with Crippen molar-refractivity contribution in [1.82, 2.24) is 10.5 Å². The van der Waals surface area contributed by atoms with Crippen LogP contribution in [0.25, 0.3) is 0 Å². The molecule has 2 rings (SSSR count). The standard InChI is InChI=1S/C15H18N2O4/c1-9-7-14(21-17-9)15(18)16-10(2)11-5-6-12(19-3)13(8-11)20-4/h5-8,10H,1-4H3,(H,16,18). The molecule has 0 saturated carbocycles. The molecular weight excluding hydrogens is 272 g/mol. The lowest BCUT2D eigenvalue weighted by Gasteiger charge is -2.15. The van der Waals surface area contributed by atoms with E-state index in [-0.39, 0.29) is 17.7 Å². The fourth-order valence-electron chi connectivity index (χ4n) is 1.94.